The minimum absolute atomic E-state index is 0.0452. The van der Waals surface area contributed by atoms with Crippen molar-refractivity contribution < 1.29 is 25.3 Å². The molecule has 59 heavy (non-hydrogen) atoms. The predicted octanol–water partition coefficient (Wildman–Crippen LogP) is 11.9. The lowest BCUT2D eigenvalue weighted by Crippen LogP contribution is -2.61. The van der Waals surface area contributed by atoms with Crippen molar-refractivity contribution >= 4 is 57.2 Å². The molecule has 0 unspecified atom stereocenters. The monoisotopic (exact) mass is 765 g/mol. The predicted molar refractivity (Wildman–Crippen MR) is 243 cm³/mol. The van der Waals surface area contributed by atoms with Crippen LogP contribution in [0, 0.1) is 0 Å². The maximum absolute atomic E-state index is 9.74. The van der Waals surface area contributed by atoms with Crippen molar-refractivity contribution in [2.45, 2.75) is 5.41 Å². The largest absolute Gasteiger partial charge is 0.457 e. The number of fused-ring (bicyclic) bond motifs is 14. The van der Waals surface area contributed by atoms with E-state index in [1.807, 2.05) is 84.9 Å². The summed E-state index contributed by atoms with van der Waals surface area (Å²) in [5, 5.41) is 0. The van der Waals surface area contributed by atoms with Gasteiger partial charge in [-0.2, -0.15) is 0 Å². The quantitative estimate of drug-likeness (QED) is 0.167. The molecular weight excluding hydrogens is 715 g/mol. The first-order chi connectivity index (χ1) is 35.5. The van der Waals surface area contributed by atoms with Gasteiger partial charge in [-0.15, -0.1) is 0 Å². The molecule has 3 nitrogen and oxygen atoms in total. The summed E-state index contributed by atoms with van der Waals surface area (Å²) in [5.74, 6) is 1.25. The van der Waals surface area contributed by atoms with Crippen molar-refractivity contribution in [2.24, 2.45) is 0 Å². The van der Waals surface area contributed by atoms with E-state index in [-0.39, 0.29) is 33.9 Å². The third-order valence-corrected chi connectivity index (χ3v) is 12.2. The number of benzene rings is 9. The third kappa shape index (κ3) is 4.33. The summed E-state index contributed by atoms with van der Waals surface area (Å²) in [5.41, 5.74) is 6.07. The second-order valence-electron chi connectivity index (χ2n) is 14.9. The van der Waals surface area contributed by atoms with Crippen molar-refractivity contribution in [1.82, 2.24) is 0 Å². The van der Waals surface area contributed by atoms with Gasteiger partial charge in [-0.3, -0.25) is 0 Å². The van der Waals surface area contributed by atoms with Gasteiger partial charge in [-0.05, 0) is 98.7 Å². The molecule has 9 aromatic carbocycles. The molecule has 3 aliphatic heterocycles. The Morgan fingerprint density at radius 3 is 1.71 bits per heavy atom. The lowest BCUT2D eigenvalue weighted by molar-refractivity contribution is 0.436. The molecule has 4 aliphatic rings. The molecule has 0 radical (unpaired) electrons. The molecule has 3 heterocycles. The fourth-order valence-electron chi connectivity index (χ4n) is 10.1. The number of hydrogen-bond acceptors (Lipinski definition) is 3. The molecule has 0 fully saturated rings. The summed E-state index contributed by atoms with van der Waals surface area (Å²) >= 11 is 0. The molecule has 13 rings (SSSR count). The normalized spacial score (nSPS) is 17.8. The van der Waals surface area contributed by atoms with Crippen LogP contribution in [0.3, 0.4) is 0 Å². The number of para-hydroxylation sites is 5. The Kier molecular flexibility index (Phi) is 4.41. The fourth-order valence-corrected chi connectivity index (χ4v) is 10.1. The van der Waals surface area contributed by atoms with Crippen LogP contribution in [0.25, 0.3) is 22.3 Å². The number of nitrogens with zero attached hydrogens (tertiary/aromatic N) is 2. The van der Waals surface area contributed by atoms with Crippen LogP contribution in [-0.4, -0.2) is 6.71 Å². The van der Waals surface area contributed by atoms with Gasteiger partial charge >= 0.3 is 0 Å². The van der Waals surface area contributed by atoms with E-state index in [1.165, 1.54) is 4.90 Å². The molecule has 274 valence electrons. The molecule has 0 saturated carbocycles. The molecule has 9 aromatic rings. The molecule has 0 amide bonds. The third-order valence-electron chi connectivity index (χ3n) is 12.2. The van der Waals surface area contributed by atoms with Crippen LogP contribution in [0.15, 0.2) is 212 Å². The molecule has 0 N–H and O–H groups in total. The van der Waals surface area contributed by atoms with Crippen LogP contribution in [0.4, 0.5) is 34.1 Å². The summed E-state index contributed by atoms with van der Waals surface area (Å²) in [6, 6.07) is 29.2. The van der Waals surface area contributed by atoms with Crippen molar-refractivity contribution in [2.75, 3.05) is 9.80 Å². The van der Waals surface area contributed by atoms with Crippen molar-refractivity contribution in [3.63, 3.8) is 0 Å². The van der Waals surface area contributed by atoms with E-state index in [0.29, 0.717) is 44.8 Å². The summed E-state index contributed by atoms with van der Waals surface area (Å²) < 4.78 is 143. The van der Waals surface area contributed by atoms with Crippen LogP contribution < -0.4 is 30.9 Å². The van der Waals surface area contributed by atoms with Gasteiger partial charge in [0.1, 0.15) is 11.5 Å². The average Bonchev–Trinajstić information content (AvgIpc) is 3.77. The second-order valence-corrected chi connectivity index (χ2v) is 14.9. The molecule has 0 atom stereocenters. The Morgan fingerprint density at radius 2 is 1.02 bits per heavy atom. The van der Waals surface area contributed by atoms with Crippen molar-refractivity contribution in [1.29, 1.82) is 0 Å². The molecule has 1 aliphatic carbocycles. The first-order valence-electron chi connectivity index (χ1n) is 26.7. The van der Waals surface area contributed by atoms with E-state index in [0.717, 1.165) is 27.8 Å². The molecule has 0 saturated heterocycles. The fraction of sp³-hybridized carbons (Fsp3) is 0.0182. The van der Waals surface area contributed by atoms with E-state index in [4.69, 9.17) is 17.1 Å². The van der Waals surface area contributed by atoms with E-state index in [2.05, 4.69) is 12.1 Å². The van der Waals surface area contributed by atoms with E-state index in [1.54, 1.807) is 29.2 Å². The lowest BCUT2D eigenvalue weighted by Gasteiger charge is -2.45. The summed E-state index contributed by atoms with van der Waals surface area (Å²) in [6.45, 7) is -0.773. The Balaban J connectivity index is 1.26. The van der Waals surface area contributed by atoms with Crippen LogP contribution in [0.2, 0.25) is 0 Å². The van der Waals surface area contributed by atoms with Crippen LogP contribution in [0.5, 0.6) is 11.5 Å². The van der Waals surface area contributed by atoms with E-state index in [9.17, 15) is 8.22 Å². The zero-order valence-corrected chi connectivity index (χ0v) is 30.9. The minimum Gasteiger partial charge on any atom is -0.457 e. The van der Waals surface area contributed by atoms with Crippen molar-refractivity contribution in [3.8, 4) is 33.8 Å². The van der Waals surface area contributed by atoms with Crippen LogP contribution in [0.1, 0.15) is 42.8 Å². The van der Waals surface area contributed by atoms with Crippen LogP contribution in [-0.2, 0) is 5.41 Å². The summed E-state index contributed by atoms with van der Waals surface area (Å²) in [7, 11) is 0. The van der Waals surface area contributed by atoms with E-state index < -0.39 is 103 Å². The first kappa shape index (κ1) is 21.3. The molecule has 4 heteroatoms. The highest BCUT2D eigenvalue weighted by Gasteiger charge is 2.54. The zero-order chi connectivity index (χ0) is 51.7. The zero-order valence-electron chi connectivity index (χ0n) is 45.9. The van der Waals surface area contributed by atoms with Gasteiger partial charge in [0, 0.05) is 50.8 Å². The number of hydrogen-bond donors (Lipinski definition) is 0. The molecule has 0 aromatic heterocycles. The van der Waals surface area contributed by atoms with Gasteiger partial charge < -0.3 is 14.5 Å². The maximum Gasteiger partial charge on any atom is 0.252 e. The topological polar surface area (TPSA) is 15.7 Å². The maximum atomic E-state index is 9.74. The number of anilines is 6. The van der Waals surface area contributed by atoms with Gasteiger partial charge in [0.2, 0.25) is 0 Å². The number of ether oxygens (including phenoxy) is 1. The highest BCUT2D eigenvalue weighted by molar-refractivity contribution is 7.00. The summed E-state index contributed by atoms with van der Waals surface area (Å²) in [6.07, 6.45) is 0. The van der Waals surface area contributed by atoms with Gasteiger partial charge in [0.25, 0.3) is 6.71 Å². The smallest absolute Gasteiger partial charge is 0.252 e. The standard InChI is InChI=1S/C55H35BN2O/c1-4-18-36(19-5-1)37-34-48-53-49(35-37)58(39-22-8-3-9-23-39)54-46(56(53)45-28-14-15-29-47(45)57(48)38-20-6-2-7-21-38)33-32-44-52(54)40-24-10-11-25-41(40)55(44)42-26-12-16-30-50(42)59-51-31-17-13-27-43(51)55/h1-35H/i1D,2D,3D,4D,5D,6D,7D,8D,9D,18D,19D,20D,21D,22D,23D. The van der Waals surface area contributed by atoms with Crippen LogP contribution >= 0.6 is 0 Å². The SMILES string of the molecule is [2H]c1c([2H])c([2H])c(-c2cc3c4c(c2)N(c2c([2H])c([2H])c([2H])c([2H])c2[2H])c2c(ccc5c2-c2ccccc2C52c5ccccc5Oc5ccccc52)B4c2ccccc2N3c2c([2H])c([2H])c([2H])c([2H])c2[2H])c([2H])c1[2H]. The molecule has 0 bridgehead atoms. The number of rotatable bonds is 3. The highest BCUT2D eigenvalue weighted by atomic mass is 16.5. The first-order valence-corrected chi connectivity index (χ1v) is 19.2. The van der Waals surface area contributed by atoms with Crippen molar-refractivity contribution in [3.05, 3.63) is 234 Å². The molecule has 1 spiro atoms. The minimum atomic E-state index is -1.03. The van der Waals surface area contributed by atoms with E-state index >= 15 is 0 Å². The highest BCUT2D eigenvalue weighted by Crippen LogP contribution is 2.64. The Morgan fingerprint density at radius 1 is 0.458 bits per heavy atom. The van der Waals surface area contributed by atoms with Gasteiger partial charge in [-0.1, -0.05) is 157 Å². The lowest BCUT2D eigenvalue weighted by atomic mass is 9.33. The van der Waals surface area contributed by atoms with Gasteiger partial charge in [0.05, 0.1) is 26.0 Å². The second kappa shape index (κ2) is 12.2. The van der Waals surface area contributed by atoms with Gasteiger partial charge in [-0.25, -0.2) is 0 Å². The Labute approximate surface area is 365 Å². The Hall–Kier alpha value is -7.56. The average molecular weight is 766 g/mol. The van der Waals surface area contributed by atoms with Gasteiger partial charge in [0.15, 0.2) is 0 Å². The summed E-state index contributed by atoms with van der Waals surface area (Å²) in [4.78, 5) is 3.16. The Bertz CT molecular complexity index is 3940. The molecular formula is C55H35BN2O.